The Hall–Kier alpha value is -4.48. The average Bonchev–Trinajstić information content (AvgIpc) is 3.39. The number of hydrogen-bond acceptors (Lipinski definition) is 6. The van der Waals surface area contributed by atoms with Gasteiger partial charge in [0.2, 0.25) is 5.91 Å². The van der Waals surface area contributed by atoms with Gasteiger partial charge < -0.3 is 30.2 Å². The number of fused-ring (bicyclic) bond motifs is 4. The van der Waals surface area contributed by atoms with E-state index in [0.29, 0.717) is 35.9 Å². The van der Waals surface area contributed by atoms with Crippen LogP contribution in [0.15, 0.2) is 48.7 Å². The van der Waals surface area contributed by atoms with Gasteiger partial charge >= 0.3 is 12.2 Å². The van der Waals surface area contributed by atoms with Gasteiger partial charge in [0.1, 0.15) is 34.9 Å². The summed E-state index contributed by atoms with van der Waals surface area (Å²) in [6, 6.07) is 9.45. The van der Waals surface area contributed by atoms with Gasteiger partial charge in [0.25, 0.3) is 0 Å². The SMILES string of the molecule is COc1ccc(NC(=O)NC2C3Oc4ccc(Oc5ccnc6c5CCC(=O)N6)cc4C23)cc1C(F)(F)F. The van der Waals surface area contributed by atoms with Crippen LogP contribution in [0.2, 0.25) is 0 Å². The third-order valence-electron chi connectivity index (χ3n) is 6.72. The smallest absolute Gasteiger partial charge is 0.420 e. The molecule has 2 aliphatic heterocycles. The van der Waals surface area contributed by atoms with Gasteiger partial charge in [-0.2, -0.15) is 13.2 Å². The van der Waals surface area contributed by atoms with Crippen LogP contribution >= 0.6 is 0 Å². The summed E-state index contributed by atoms with van der Waals surface area (Å²) in [4.78, 5) is 28.4. The molecule has 3 amide bonds. The topological polar surface area (TPSA) is 111 Å². The number of nitrogens with one attached hydrogen (secondary N) is 3. The van der Waals surface area contributed by atoms with E-state index in [4.69, 9.17) is 14.2 Å². The van der Waals surface area contributed by atoms with Crippen LogP contribution in [0.3, 0.4) is 0 Å². The van der Waals surface area contributed by atoms with Crippen molar-refractivity contribution in [1.29, 1.82) is 0 Å². The van der Waals surface area contributed by atoms with E-state index in [2.05, 4.69) is 20.9 Å². The van der Waals surface area contributed by atoms with Crippen molar-refractivity contribution in [3.8, 4) is 23.0 Å². The minimum Gasteiger partial charge on any atom is -0.496 e. The second-order valence-electron chi connectivity index (χ2n) is 9.13. The molecule has 3 heterocycles. The summed E-state index contributed by atoms with van der Waals surface area (Å²) in [6.45, 7) is 0. The number of carbonyl (C=O) groups excluding carboxylic acids is 2. The largest absolute Gasteiger partial charge is 0.496 e. The molecule has 9 nitrogen and oxygen atoms in total. The summed E-state index contributed by atoms with van der Waals surface area (Å²) in [7, 11) is 1.15. The molecule has 3 atom stereocenters. The minimum absolute atomic E-state index is 0.0182. The standard InChI is InChI=1S/C26H21F3N4O5/c1-36-19-5-2-12(10-16(19)26(27,28)29)31-25(35)33-22-21-15-11-13(3-6-17(15)38-23(21)22)37-18-8-9-30-24-14(18)4-7-20(34)32-24/h2-3,5-6,8-11,21-23H,4,7H2,1H3,(H,30,32,34)(H2,31,33,35). The monoisotopic (exact) mass is 526 g/mol. The number of ether oxygens (including phenoxy) is 3. The van der Waals surface area contributed by atoms with Gasteiger partial charge in [-0.1, -0.05) is 0 Å². The number of pyridine rings is 1. The van der Waals surface area contributed by atoms with Crippen LogP contribution in [-0.2, 0) is 17.4 Å². The highest BCUT2D eigenvalue weighted by Crippen LogP contribution is 2.54. The lowest BCUT2D eigenvalue weighted by Gasteiger charge is -2.19. The third kappa shape index (κ3) is 4.31. The van der Waals surface area contributed by atoms with Gasteiger partial charge in [0.15, 0.2) is 0 Å². The molecular formula is C26H21F3N4O5. The lowest BCUT2D eigenvalue weighted by molar-refractivity contribution is -0.138. The number of amides is 3. The number of carbonyl (C=O) groups is 2. The Kier molecular flexibility index (Phi) is 5.55. The normalized spacial score (nSPS) is 20.7. The first-order valence-electron chi connectivity index (χ1n) is 11.8. The molecule has 1 saturated carbocycles. The van der Waals surface area contributed by atoms with E-state index in [0.717, 1.165) is 30.4 Å². The lowest BCUT2D eigenvalue weighted by atomic mass is 10.1. The van der Waals surface area contributed by atoms with Crippen LogP contribution in [0.1, 0.15) is 29.0 Å². The molecule has 6 rings (SSSR count). The highest BCUT2D eigenvalue weighted by atomic mass is 19.4. The van der Waals surface area contributed by atoms with E-state index in [9.17, 15) is 22.8 Å². The maximum absolute atomic E-state index is 13.3. The molecule has 2 aromatic carbocycles. The fraction of sp³-hybridized carbons (Fsp3) is 0.269. The van der Waals surface area contributed by atoms with Crippen LogP contribution in [0.5, 0.6) is 23.0 Å². The lowest BCUT2D eigenvalue weighted by Crippen LogP contribution is -2.34. The summed E-state index contributed by atoms with van der Waals surface area (Å²) < 4.78 is 56.7. The van der Waals surface area contributed by atoms with Crippen molar-refractivity contribution in [1.82, 2.24) is 10.3 Å². The maximum atomic E-state index is 13.3. The average molecular weight is 526 g/mol. The Balaban J connectivity index is 1.13. The number of halogens is 3. The van der Waals surface area contributed by atoms with Crippen LogP contribution in [0, 0.1) is 0 Å². The number of methoxy groups -OCH3 is 1. The van der Waals surface area contributed by atoms with Gasteiger partial charge in [-0.3, -0.25) is 4.79 Å². The number of benzene rings is 2. The molecule has 3 aliphatic rings. The molecule has 0 saturated heterocycles. The van der Waals surface area contributed by atoms with Crippen LogP contribution < -0.4 is 30.2 Å². The first-order chi connectivity index (χ1) is 18.2. The number of rotatable bonds is 5. The first-order valence-corrected chi connectivity index (χ1v) is 11.8. The molecule has 0 spiro atoms. The van der Waals surface area contributed by atoms with E-state index in [1.54, 1.807) is 24.4 Å². The summed E-state index contributed by atoms with van der Waals surface area (Å²) in [5, 5.41) is 7.95. The molecule has 12 heteroatoms. The Morgan fingerprint density at radius 1 is 1.13 bits per heavy atom. The number of hydrogen-bond donors (Lipinski definition) is 3. The molecule has 1 aliphatic carbocycles. The molecular weight excluding hydrogens is 505 g/mol. The second-order valence-corrected chi connectivity index (χ2v) is 9.13. The van der Waals surface area contributed by atoms with Gasteiger partial charge in [-0.25, -0.2) is 9.78 Å². The van der Waals surface area contributed by atoms with Gasteiger partial charge in [-0.05, 0) is 48.9 Å². The zero-order valence-corrected chi connectivity index (χ0v) is 19.9. The molecule has 1 fully saturated rings. The Labute approximate surface area is 214 Å². The van der Waals surface area contributed by atoms with Crippen molar-refractivity contribution in [2.24, 2.45) is 0 Å². The molecule has 38 heavy (non-hydrogen) atoms. The fourth-order valence-corrected chi connectivity index (χ4v) is 4.88. The van der Waals surface area contributed by atoms with E-state index in [1.165, 1.54) is 6.07 Å². The molecule has 0 bridgehead atoms. The third-order valence-corrected chi connectivity index (χ3v) is 6.72. The van der Waals surface area contributed by atoms with Crippen molar-refractivity contribution in [3.63, 3.8) is 0 Å². The van der Waals surface area contributed by atoms with Gasteiger partial charge in [-0.15, -0.1) is 0 Å². The zero-order chi connectivity index (χ0) is 26.6. The molecule has 3 unspecified atom stereocenters. The van der Waals surface area contributed by atoms with Gasteiger partial charge in [0, 0.05) is 29.4 Å². The number of urea groups is 1. The first kappa shape index (κ1) is 23.9. The molecule has 1 aromatic heterocycles. The summed E-state index contributed by atoms with van der Waals surface area (Å²) in [5.74, 6) is 1.78. The fourth-order valence-electron chi connectivity index (χ4n) is 4.88. The van der Waals surface area contributed by atoms with E-state index >= 15 is 0 Å². The van der Waals surface area contributed by atoms with E-state index < -0.39 is 17.8 Å². The number of alkyl halides is 3. The van der Waals surface area contributed by atoms with Crippen molar-refractivity contribution in [2.45, 2.75) is 37.1 Å². The molecule has 3 N–H and O–H groups in total. The Bertz CT molecular complexity index is 1460. The molecule has 3 aromatic rings. The summed E-state index contributed by atoms with van der Waals surface area (Å²) in [5.41, 5.74) is 0.674. The molecule has 0 radical (unpaired) electrons. The number of aromatic nitrogens is 1. The highest BCUT2D eigenvalue weighted by Gasteiger charge is 2.59. The summed E-state index contributed by atoms with van der Waals surface area (Å²) in [6.07, 6.45) is -2.49. The van der Waals surface area contributed by atoms with E-state index in [1.807, 2.05) is 6.07 Å². The second kappa shape index (κ2) is 8.82. The highest BCUT2D eigenvalue weighted by molar-refractivity contribution is 5.93. The maximum Gasteiger partial charge on any atom is 0.420 e. The van der Waals surface area contributed by atoms with Crippen LogP contribution in [0.25, 0.3) is 0 Å². The van der Waals surface area contributed by atoms with Crippen molar-refractivity contribution < 1.29 is 37.0 Å². The van der Waals surface area contributed by atoms with E-state index in [-0.39, 0.29) is 35.4 Å². The predicted octanol–water partition coefficient (Wildman–Crippen LogP) is 4.83. The quantitative estimate of drug-likeness (QED) is 0.439. The number of nitrogens with zero attached hydrogens (tertiary/aromatic N) is 1. The van der Waals surface area contributed by atoms with Crippen LogP contribution in [-0.4, -0.2) is 36.2 Å². The van der Waals surface area contributed by atoms with Crippen molar-refractivity contribution >= 4 is 23.4 Å². The summed E-state index contributed by atoms with van der Waals surface area (Å²) >= 11 is 0. The zero-order valence-electron chi connectivity index (χ0n) is 19.9. The van der Waals surface area contributed by atoms with Crippen molar-refractivity contribution in [2.75, 3.05) is 17.7 Å². The minimum atomic E-state index is -4.63. The van der Waals surface area contributed by atoms with Gasteiger partial charge in [0.05, 0.1) is 24.6 Å². The van der Waals surface area contributed by atoms with Crippen molar-refractivity contribution in [3.05, 3.63) is 65.4 Å². The molecule has 196 valence electrons. The predicted molar refractivity (Wildman–Crippen MR) is 129 cm³/mol. The number of anilines is 2. The Morgan fingerprint density at radius 3 is 2.76 bits per heavy atom. The van der Waals surface area contributed by atoms with Crippen LogP contribution in [0.4, 0.5) is 29.5 Å². The Morgan fingerprint density at radius 2 is 1.97 bits per heavy atom.